The van der Waals surface area contributed by atoms with Gasteiger partial charge in [0.25, 0.3) is 0 Å². The highest BCUT2D eigenvalue weighted by Crippen LogP contribution is 2.19. The van der Waals surface area contributed by atoms with E-state index in [4.69, 9.17) is 4.74 Å². The molecule has 70 valence electrons. The van der Waals surface area contributed by atoms with Crippen molar-refractivity contribution in [3.63, 3.8) is 0 Å². The molecule has 0 amide bonds. The van der Waals surface area contributed by atoms with E-state index in [1.54, 1.807) is 6.08 Å². The van der Waals surface area contributed by atoms with Gasteiger partial charge in [0.15, 0.2) is 0 Å². The third-order valence-corrected chi connectivity index (χ3v) is 1.87. The molecule has 1 unspecified atom stereocenters. The highest BCUT2D eigenvalue weighted by molar-refractivity contribution is 9.09. The Labute approximate surface area is 87.5 Å². The summed E-state index contributed by atoms with van der Waals surface area (Å²) in [5.41, 5.74) is 1.04. The van der Waals surface area contributed by atoms with E-state index in [1.165, 1.54) is 0 Å². The van der Waals surface area contributed by atoms with Gasteiger partial charge in [-0.3, -0.25) is 0 Å². The Morgan fingerprint density at radius 1 is 1.54 bits per heavy atom. The van der Waals surface area contributed by atoms with Gasteiger partial charge in [0.2, 0.25) is 0 Å². The van der Waals surface area contributed by atoms with Crippen molar-refractivity contribution >= 4 is 22.0 Å². The van der Waals surface area contributed by atoms with Crippen LogP contribution in [0.15, 0.2) is 30.8 Å². The summed E-state index contributed by atoms with van der Waals surface area (Å²) < 4.78 is 5.57. The van der Waals surface area contributed by atoms with Crippen molar-refractivity contribution in [2.45, 2.75) is 11.8 Å². The lowest BCUT2D eigenvalue weighted by molar-refractivity contribution is 0.323. The van der Waals surface area contributed by atoms with Crippen LogP contribution < -0.4 is 4.74 Å². The molecule has 1 atom stereocenters. The van der Waals surface area contributed by atoms with Crippen LogP contribution in [0.5, 0.6) is 5.75 Å². The Morgan fingerprint density at radius 3 is 2.85 bits per heavy atom. The summed E-state index contributed by atoms with van der Waals surface area (Å²) >= 11 is 3.43. The average molecular weight is 241 g/mol. The number of ether oxygens (including phenoxy) is 1. The zero-order valence-electron chi connectivity index (χ0n) is 7.66. The summed E-state index contributed by atoms with van der Waals surface area (Å²) in [6.07, 6.45) is 1.80. The molecule has 1 nitrogen and oxygen atoms in total. The van der Waals surface area contributed by atoms with Crippen molar-refractivity contribution in [3.05, 3.63) is 36.4 Å². The normalized spacial score (nSPS) is 12.2. The van der Waals surface area contributed by atoms with Crippen LogP contribution in [0.1, 0.15) is 12.5 Å². The lowest BCUT2D eigenvalue weighted by Gasteiger charge is -2.09. The second-order valence-corrected chi connectivity index (χ2v) is 4.40. The molecule has 0 N–H and O–H groups in total. The highest BCUT2D eigenvalue weighted by Gasteiger charge is 2.00. The predicted molar refractivity (Wildman–Crippen MR) is 60.4 cm³/mol. The zero-order valence-corrected chi connectivity index (χ0v) is 9.25. The van der Waals surface area contributed by atoms with Crippen molar-refractivity contribution < 1.29 is 4.74 Å². The topological polar surface area (TPSA) is 9.23 Å². The van der Waals surface area contributed by atoms with Gasteiger partial charge in [0, 0.05) is 10.4 Å². The fourth-order valence-corrected chi connectivity index (χ4v) is 1.12. The van der Waals surface area contributed by atoms with E-state index in [-0.39, 0.29) is 0 Å². The summed E-state index contributed by atoms with van der Waals surface area (Å²) in [4.78, 5) is 0.366. The Balaban J connectivity index is 2.69. The second-order valence-electron chi connectivity index (χ2n) is 2.83. The Hall–Kier alpha value is -0.760. The molecule has 2 heteroatoms. The van der Waals surface area contributed by atoms with Crippen LogP contribution in [0.25, 0.3) is 6.08 Å². The predicted octanol–water partition coefficient (Wildman–Crippen LogP) is 3.49. The summed E-state index contributed by atoms with van der Waals surface area (Å²) in [6.45, 7) is 6.45. The van der Waals surface area contributed by atoms with Gasteiger partial charge in [0.1, 0.15) is 12.4 Å². The largest absolute Gasteiger partial charge is 0.492 e. The first-order valence-electron chi connectivity index (χ1n) is 4.22. The van der Waals surface area contributed by atoms with Crippen LogP contribution in [0.4, 0.5) is 0 Å². The molecule has 13 heavy (non-hydrogen) atoms. The third-order valence-electron chi connectivity index (χ3n) is 1.61. The molecule has 0 aliphatic heterocycles. The van der Waals surface area contributed by atoms with Crippen LogP contribution in [-0.4, -0.2) is 11.4 Å². The summed E-state index contributed by atoms with van der Waals surface area (Å²) in [5.74, 6) is 0.892. The molecule has 0 heterocycles. The minimum atomic E-state index is 0.366. The Morgan fingerprint density at radius 2 is 2.23 bits per heavy atom. The number of halogens is 1. The maximum atomic E-state index is 5.57. The molecule has 0 saturated heterocycles. The van der Waals surface area contributed by atoms with Gasteiger partial charge in [-0.1, -0.05) is 46.8 Å². The first-order valence-corrected chi connectivity index (χ1v) is 5.14. The fraction of sp³-hybridized carbons (Fsp3) is 0.273. The Bertz CT molecular complexity index is 281. The minimum absolute atomic E-state index is 0.366. The molecule has 0 aliphatic rings. The monoisotopic (exact) mass is 240 g/mol. The van der Waals surface area contributed by atoms with Crippen LogP contribution >= 0.6 is 15.9 Å². The molecule has 0 aromatic heterocycles. The van der Waals surface area contributed by atoms with E-state index < -0.39 is 0 Å². The minimum Gasteiger partial charge on any atom is -0.492 e. The second kappa shape index (κ2) is 5.07. The molecule has 1 rings (SSSR count). The fourth-order valence-electron chi connectivity index (χ4n) is 0.985. The molecular weight excluding hydrogens is 228 g/mol. The molecule has 0 radical (unpaired) electrons. The maximum Gasteiger partial charge on any atom is 0.126 e. The smallest absolute Gasteiger partial charge is 0.126 e. The van der Waals surface area contributed by atoms with Gasteiger partial charge in [-0.05, 0) is 13.0 Å². The highest BCUT2D eigenvalue weighted by atomic mass is 79.9. The Kier molecular flexibility index (Phi) is 4.03. The van der Waals surface area contributed by atoms with Crippen molar-refractivity contribution in [2.75, 3.05) is 6.61 Å². The number of benzene rings is 1. The van der Waals surface area contributed by atoms with Gasteiger partial charge in [-0.25, -0.2) is 0 Å². The van der Waals surface area contributed by atoms with Gasteiger partial charge in [0.05, 0.1) is 0 Å². The molecule has 1 aromatic carbocycles. The van der Waals surface area contributed by atoms with E-state index in [1.807, 2.05) is 24.3 Å². The van der Waals surface area contributed by atoms with Crippen molar-refractivity contribution in [3.8, 4) is 5.75 Å². The lowest BCUT2D eigenvalue weighted by Crippen LogP contribution is -2.07. The van der Waals surface area contributed by atoms with Gasteiger partial charge in [-0.2, -0.15) is 0 Å². The average Bonchev–Trinajstić information content (AvgIpc) is 2.15. The number of alkyl halides is 1. The van der Waals surface area contributed by atoms with Crippen molar-refractivity contribution in [1.82, 2.24) is 0 Å². The standard InChI is InChI=1S/C11H13BrO/c1-3-10-6-4-5-7-11(10)13-8-9(2)12/h3-7,9H,1,8H2,2H3. The first-order chi connectivity index (χ1) is 6.24. The van der Waals surface area contributed by atoms with Crippen molar-refractivity contribution in [2.24, 2.45) is 0 Å². The van der Waals surface area contributed by atoms with Gasteiger partial charge < -0.3 is 4.74 Å². The van der Waals surface area contributed by atoms with Crippen LogP contribution in [0.3, 0.4) is 0 Å². The van der Waals surface area contributed by atoms with Crippen LogP contribution in [0.2, 0.25) is 0 Å². The van der Waals surface area contributed by atoms with Crippen molar-refractivity contribution in [1.29, 1.82) is 0 Å². The number of hydrogen-bond acceptors (Lipinski definition) is 1. The number of para-hydroxylation sites is 1. The van der Waals surface area contributed by atoms with E-state index in [0.717, 1.165) is 11.3 Å². The van der Waals surface area contributed by atoms with Gasteiger partial charge in [-0.15, -0.1) is 0 Å². The summed E-state index contributed by atoms with van der Waals surface area (Å²) in [6, 6.07) is 7.87. The van der Waals surface area contributed by atoms with E-state index in [2.05, 4.69) is 29.4 Å². The quantitative estimate of drug-likeness (QED) is 0.733. The van der Waals surface area contributed by atoms with Gasteiger partial charge >= 0.3 is 0 Å². The van der Waals surface area contributed by atoms with Crippen LogP contribution in [-0.2, 0) is 0 Å². The molecule has 0 bridgehead atoms. The maximum absolute atomic E-state index is 5.57. The number of rotatable bonds is 4. The van der Waals surface area contributed by atoms with E-state index in [9.17, 15) is 0 Å². The summed E-state index contributed by atoms with van der Waals surface area (Å²) in [5, 5.41) is 0. The van der Waals surface area contributed by atoms with E-state index >= 15 is 0 Å². The third kappa shape index (κ3) is 3.23. The molecule has 0 fully saturated rings. The summed E-state index contributed by atoms with van der Waals surface area (Å²) in [7, 11) is 0. The molecule has 1 aromatic rings. The molecule has 0 aliphatic carbocycles. The number of hydrogen-bond donors (Lipinski definition) is 0. The van der Waals surface area contributed by atoms with Crippen LogP contribution in [0, 0.1) is 0 Å². The lowest BCUT2D eigenvalue weighted by atomic mass is 10.2. The van der Waals surface area contributed by atoms with E-state index in [0.29, 0.717) is 11.4 Å². The SMILES string of the molecule is C=Cc1ccccc1OCC(C)Br. The first kappa shape index (κ1) is 10.3. The zero-order chi connectivity index (χ0) is 9.68. The molecule has 0 saturated carbocycles. The molecular formula is C11H13BrO. The molecule has 0 spiro atoms.